The van der Waals surface area contributed by atoms with Crippen molar-refractivity contribution in [2.75, 3.05) is 0 Å². The summed E-state index contributed by atoms with van der Waals surface area (Å²) >= 11 is 0. The van der Waals surface area contributed by atoms with Crippen molar-refractivity contribution in [3.63, 3.8) is 0 Å². The van der Waals surface area contributed by atoms with Gasteiger partial charge < -0.3 is 4.85 Å². The van der Waals surface area contributed by atoms with Crippen LogP contribution < -0.4 is 0 Å². The van der Waals surface area contributed by atoms with Gasteiger partial charge in [-0.3, -0.25) is 0 Å². The van der Waals surface area contributed by atoms with E-state index in [0.717, 1.165) is 26.2 Å². The Morgan fingerprint density at radius 3 is 2.00 bits per heavy atom. The first-order chi connectivity index (χ1) is 5.52. The molecule has 0 aromatic carbocycles. The van der Waals surface area contributed by atoms with Crippen molar-refractivity contribution >= 4 is 0 Å². The van der Waals surface area contributed by atoms with Crippen LogP contribution in [0.5, 0.6) is 0 Å². The van der Waals surface area contributed by atoms with E-state index >= 15 is 0 Å². The van der Waals surface area contributed by atoms with E-state index in [9.17, 15) is 8.78 Å². The molecule has 0 radical (unpaired) electrons. The molecule has 1 fully saturated rings. The molecule has 0 spiro atoms. The summed E-state index contributed by atoms with van der Waals surface area (Å²) in [6.45, 7) is 7.72. The molecule has 0 N–H and O–H groups in total. The van der Waals surface area contributed by atoms with Crippen LogP contribution in [0.4, 0.5) is 8.78 Å². The van der Waals surface area contributed by atoms with E-state index in [1.807, 2.05) is 0 Å². The molecule has 68 valence electrons. The second-order valence-corrected chi connectivity index (χ2v) is 3.59. The molecule has 0 unspecified atom stereocenters. The molecule has 0 aromatic rings. The quantitative estimate of drug-likeness (QED) is 0.536. The zero-order valence-corrected chi connectivity index (χ0v) is 7.24. The Bertz CT molecular complexity index is 194. The Morgan fingerprint density at radius 1 is 1.25 bits per heavy atom. The second kappa shape index (κ2) is 3.01. The Morgan fingerprint density at radius 2 is 1.75 bits per heavy atom. The third-order valence-corrected chi connectivity index (χ3v) is 2.71. The minimum absolute atomic E-state index is 0.361. The highest BCUT2D eigenvalue weighted by molar-refractivity contribution is 5.08. The van der Waals surface area contributed by atoms with Gasteiger partial charge in [0.15, 0.2) is 0 Å². The van der Waals surface area contributed by atoms with Gasteiger partial charge in [-0.1, -0.05) is 6.42 Å². The van der Waals surface area contributed by atoms with Gasteiger partial charge in [0.1, 0.15) is 0 Å². The minimum atomic E-state index is -2.84. The maximum Gasteiger partial charge on any atom is 0.320 e. The van der Waals surface area contributed by atoms with E-state index in [2.05, 4.69) is 4.85 Å². The number of nitrogens with zero attached hydrogens (tertiary/aromatic N) is 1. The van der Waals surface area contributed by atoms with Crippen molar-refractivity contribution in [1.29, 1.82) is 0 Å². The molecule has 3 heteroatoms. The summed E-state index contributed by atoms with van der Waals surface area (Å²) in [7, 11) is 0. The predicted molar refractivity (Wildman–Crippen MR) is 43.0 cm³/mol. The van der Waals surface area contributed by atoms with Crippen molar-refractivity contribution in [3.8, 4) is 0 Å². The van der Waals surface area contributed by atoms with E-state index in [1.165, 1.54) is 0 Å². The molecular formula is C9H13F2N. The smallest absolute Gasteiger partial charge is 0.304 e. The van der Waals surface area contributed by atoms with Crippen LogP contribution in [0, 0.1) is 6.57 Å². The second-order valence-electron chi connectivity index (χ2n) is 3.59. The van der Waals surface area contributed by atoms with Gasteiger partial charge in [-0.2, -0.15) is 8.78 Å². The van der Waals surface area contributed by atoms with Gasteiger partial charge >= 0.3 is 5.92 Å². The summed E-state index contributed by atoms with van der Waals surface area (Å²) in [5.74, 6) is -2.84. The third-order valence-electron chi connectivity index (χ3n) is 2.71. The van der Waals surface area contributed by atoms with Crippen molar-refractivity contribution in [3.05, 3.63) is 11.4 Å². The highest BCUT2D eigenvalue weighted by Gasteiger charge is 2.56. The fraction of sp³-hybridized carbons (Fsp3) is 0.889. The highest BCUT2D eigenvalue weighted by Crippen LogP contribution is 2.43. The number of halogens is 2. The monoisotopic (exact) mass is 173 g/mol. The zero-order valence-electron chi connectivity index (χ0n) is 7.24. The molecule has 1 rings (SSSR count). The summed E-state index contributed by atoms with van der Waals surface area (Å²) in [4.78, 5) is 3.15. The van der Waals surface area contributed by atoms with E-state index in [1.54, 1.807) is 0 Å². The topological polar surface area (TPSA) is 4.36 Å². The van der Waals surface area contributed by atoms with Crippen molar-refractivity contribution in [2.24, 2.45) is 0 Å². The molecule has 0 bridgehead atoms. The normalized spacial score (nSPS) is 23.2. The molecule has 0 heterocycles. The minimum Gasteiger partial charge on any atom is -0.304 e. The number of hydrogen-bond acceptors (Lipinski definition) is 0. The van der Waals surface area contributed by atoms with Crippen molar-refractivity contribution in [2.45, 2.75) is 50.5 Å². The molecule has 12 heavy (non-hydrogen) atoms. The Hall–Kier alpha value is -0.650. The molecule has 1 aliphatic rings. The van der Waals surface area contributed by atoms with Gasteiger partial charge in [0.2, 0.25) is 0 Å². The molecule has 0 saturated heterocycles. The van der Waals surface area contributed by atoms with Crippen LogP contribution in [0.2, 0.25) is 0 Å². The summed E-state index contributed by atoms with van der Waals surface area (Å²) in [6.07, 6.45) is 3.25. The fourth-order valence-corrected chi connectivity index (χ4v) is 1.79. The van der Waals surface area contributed by atoms with Crippen LogP contribution in [0.25, 0.3) is 4.85 Å². The first-order valence-electron chi connectivity index (χ1n) is 4.28. The average Bonchev–Trinajstić information content (AvgIpc) is 2.04. The van der Waals surface area contributed by atoms with Gasteiger partial charge in [0, 0.05) is 19.8 Å². The number of hydrogen-bond donors (Lipinski definition) is 0. The van der Waals surface area contributed by atoms with Gasteiger partial charge in [0.05, 0.1) is 0 Å². The van der Waals surface area contributed by atoms with Crippen LogP contribution in [0.3, 0.4) is 0 Å². The van der Waals surface area contributed by atoms with Crippen molar-refractivity contribution < 1.29 is 8.78 Å². The molecule has 1 aliphatic carbocycles. The van der Waals surface area contributed by atoms with Crippen LogP contribution in [0.1, 0.15) is 39.0 Å². The van der Waals surface area contributed by atoms with E-state index < -0.39 is 11.5 Å². The van der Waals surface area contributed by atoms with E-state index in [4.69, 9.17) is 6.57 Å². The lowest BCUT2D eigenvalue weighted by Gasteiger charge is -2.30. The summed E-state index contributed by atoms with van der Waals surface area (Å²) in [6, 6.07) is 0. The Balaban J connectivity index is 2.83. The zero-order chi connectivity index (χ0) is 9.24. The van der Waals surface area contributed by atoms with Gasteiger partial charge in [-0.15, -0.1) is 0 Å². The molecule has 1 saturated carbocycles. The lowest BCUT2D eigenvalue weighted by Crippen LogP contribution is -2.44. The lowest BCUT2D eigenvalue weighted by atomic mass is 9.78. The SMILES string of the molecule is [C-]#[N+]C1(C(C)(F)F)CCCCC1. The predicted octanol–water partition coefficient (Wildman–Crippen LogP) is 3.26. The fourth-order valence-electron chi connectivity index (χ4n) is 1.79. The Kier molecular flexibility index (Phi) is 2.36. The van der Waals surface area contributed by atoms with Crippen LogP contribution >= 0.6 is 0 Å². The molecular weight excluding hydrogens is 160 g/mol. The molecule has 0 atom stereocenters. The van der Waals surface area contributed by atoms with Crippen molar-refractivity contribution in [1.82, 2.24) is 0 Å². The van der Waals surface area contributed by atoms with Crippen LogP contribution in [-0.4, -0.2) is 11.5 Å². The summed E-state index contributed by atoms with van der Waals surface area (Å²) in [5.41, 5.74) is -1.38. The van der Waals surface area contributed by atoms with Gasteiger partial charge in [0.25, 0.3) is 5.54 Å². The number of alkyl halides is 2. The first kappa shape index (κ1) is 9.44. The van der Waals surface area contributed by atoms with Crippen LogP contribution in [-0.2, 0) is 0 Å². The largest absolute Gasteiger partial charge is 0.320 e. The summed E-state index contributed by atoms with van der Waals surface area (Å²) < 4.78 is 26.1. The lowest BCUT2D eigenvalue weighted by molar-refractivity contribution is -0.0534. The molecule has 0 amide bonds. The Labute approximate surface area is 71.6 Å². The standard InChI is InChI=1S/C9H13F2N/c1-8(10,11)9(12-2)6-4-3-5-7-9/h3-7H2,1H3. The molecule has 1 nitrogen and oxygen atoms in total. The number of rotatable bonds is 1. The third kappa shape index (κ3) is 1.43. The van der Waals surface area contributed by atoms with Crippen LogP contribution in [0.15, 0.2) is 0 Å². The average molecular weight is 173 g/mol. The summed E-state index contributed by atoms with van der Waals surface area (Å²) in [5, 5.41) is 0. The van der Waals surface area contributed by atoms with Gasteiger partial charge in [-0.05, 0) is 12.8 Å². The molecule has 0 aromatic heterocycles. The van der Waals surface area contributed by atoms with Gasteiger partial charge in [-0.25, -0.2) is 6.57 Å². The maximum absolute atomic E-state index is 13.0. The van der Waals surface area contributed by atoms with E-state index in [0.29, 0.717) is 12.8 Å². The van der Waals surface area contributed by atoms with E-state index in [-0.39, 0.29) is 0 Å². The molecule has 0 aliphatic heterocycles. The first-order valence-corrected chi connectivity index (χ1v) is 4.28. The highest BCUT2D eigenvalue weighted by atomic mass is 19.3. The maximum atomic E-state index is 13.0.